The van der Waals surface area contributed by atoms with Crippen LogP contribution in [0.2, 0.25) is 0 Å². The molecule has 0 amide bonds. The van der Waals surface area contributed by atoms with Gasteiger partial charge in [0.05, 0.1) is 0 Å². The highest BCUT2D eigenvalue weighted by atomic mass is 15.1. The fraction of sp³-hybridized carbons (Fsp3) is 0.500. The average molecular weight is 242 g/mol. The van der Waals surface area contributed by atoms with Gasteiger partial charge < -0.3 is 9.47 Å². The quantitative estimate of drug-likeness (QED) is 0.786. The van der Waals surface area contributed by atoms with E-state index < -0.39 is 0 Å². The van der Waals surface area contributed by atoms with Gasteiger partial charge in [-0.15, -0.1) is 0 Å². The Labute approximate surface area is 109 Å². The maximum absolute atomic E-state index is 2.40. The summed E-state index contributed by atoms with van der Waals surface area (Å²) in [6.07, 6.45) is 3.81. The number of aromatic nitrogens is 1. The zero-order chi connectivity index (χ0) is 12.7. The van der Waals surface area contributed by atoms with Crippen LogP contribution in [0, 0.1) is 5.92 Å². The average Bonchev–Trinajstić information content (AvgIpc) is 2.63. The van der Waals surface area contributed by atoms with Crippen LogP contribution in [0.5, 0.6) is 0 Å². The third kappa shape index (κ3) is 1.85. The van der Waals surface area contributed by atoms with Crippen LogP contribution < -0.4 is 0 Å². The molecule has 1 aromatic heterocycles. The summed E-state index contributed by atoms with van der Waals surface area (Å²) in [6.45, 7) is 1.21. The molecule has 1 heterocycles. The van der Waals surface area contributed by atoms with Gasteiger partial charge in [-0.1, -0.05) is 18.2 Å². The summed E-state index contributed by atoms with van der Waals surface area (Å²) in [5.74, 6) is 0.818. The van der Waals surface area contributed by atoms with Crippen molar-refractivity contribution in [1.29, 1.82) is 0 Å². The number of rotatable bonds is 2. The first-order valence-corrected chi connectivity index (χ1v) is 6.86. The highest BCUT2D eigenvalue weighted by molar-refractivity contribution is 5.85. The summed E-state index contributed by atoms with van der Waals surface area (Å²) in [5.41, 5.74) is 4.56. The lowest BCUT2D eigenvalue weighted by Crippen LogP contribution is -2.26. The van der Waals surface area contributed by atoms with E-state index in [0.717, 1.165) is 5.92 Å². The van der Waals surface area contributed by atoms with Gasteiger partial charge >= 0.3 is 0 Å². The predicted octanol–water partition coefficient (Wildman–Crippen LogP) is 2.84. The molecule has 1 aromatic carbocycles. The molecule has 18 heavy (non-hydrogen) atoms. The van der Waals surface area contributed by atoms with E-state index in [0.29, 0.717) is 0 Å². The normalized spacial score (nSPS) is 19.4. The second-order valence-corrected chi connectivity index (χ2v) is 5.87. The molecule has 1 aliphatic rings. The molecule has 0 fully saturated rings. The number of hydrogen-bond acceptors (Lipinski definition) is 1. The topological polar surface area (TPSA) is 8.17 Å². The molecule has 0 N–H and O–H groups in total. The lowest BCUT2D eigenvalue weighted by Gasteiger charge is -2.26. The first kappa shape index (κ1) is 11.8. The smallest absolute Gasteiger partial charge is 0.0482 e. The number of aryl methyl sites for hydroxylation is 1. The van der Waals surface area contributed by atoms with Crippen molar-refractivity contribution < 1.29 is 0 Å². The van der Waals surface area contributed by atoms with Crippen LogP contribution in [0.1, 0.15) is 17.7 Å². The predicted molar refractivity (Wildman–Crippen MR) is 77.0 cm³/mol. The second kappa shape index (κ2) is 4.43. The molecule has 1 unspecified atom stereocenters. The number of nitrogens with zero attached hydrogens (tertiary/aromatic N) is 2. The lowest BCUT2D eigenvalue weighted by atomic mass is 9.86. The van der Waals surface area contributed by atoms with Crippen LogP contribution in [-0.4, -0.2) is 30.1 Å². The van der Waals surface area contributed by atoms with Gasteiger partial charge in [-0.2, -0.15) is 0 Å². The molecule has 96 valence electrons. The lowest BCUT2D eigenvalue weighted by molar-refractivity contribution is 0.301. The third-order valence-electron chi connectivity index (χ3n) is 4.25. The van der Waals surface area contributed by atoms with Crippen LogP contribution in [0.15, 0.2) is 24.3 Å². The van der Waals surface area contributed by atoms with Crippen molar-refractivity contribution in [3.05, 3.63) is 35.5 Å². The van der Waals surface area contributed by atoms with E-state index in [4.69, 9.17) is 0 Å². The first-order valence-electron chi connectivity index (χ1n) is 6.86. The second-order valence-electron chi connectivity index (χ2n) is 5.87. The molecule has 1 aliphatic carbocycles. The number of para-hydroxylation sites is 1. The van der Waals surface area contributed by atoms with Gasteiger partial charge in [0.25, 0.3) is 0 Å². The molecule has 0 aliphatic heterocycles. The summed E-state index contributed by atoms with van der Waals surface area (Å²) in [5, 5.41) is 1.47. The standard InChI is InChI=1S/C16H22N2/c1-17(2)11-12-8-9-16-14(10-12)13-6-4-5-7-15(13)18(16)3/h4-7,12H,8-11H2,1-3H3. The van der Waals surface area contributed by atoms with E-state index in [1.165, 1.54) is 36.7 Å². The monoisotopic (exact) mass is 242 g/mol. The largest absolute Gasteiger partial charge is 0.347 e. The zero-order valence-electron chi connectivity index (χ0n) is 11.6. The van der Waals surface area contributed by atoms with E-state index in [1.54, 1.807) is 11.3 Å². The highest BCUT2D eigenvalue weighted by Gasteiger charge is 2.24. The Morgan fingerprint density at radius 2 is 2.06 bits per heavy atom. The van der Waals surface area contributed by atoms with Gasteiger partial charge in [0, 0.05) is 30.2 Å². The molecular weight excluding hydrogens is 220 g/mol. The molecule has 3 rings (SSSR count). The minimum absolute atomic E-state index is 0.818. The summed E-state index contributed by atoms with van der Waals surface area (Å²) in [6, 6.07) is 8.84. The van der Waals surface area contributed by atoms with Gasteiger partial charge in [0.2, 0.25) is 0 Å². The van der Waals surface area contributed by atoms with E-state index in [2.05, 4.69) is 54.9 Å². The molecule has 0 spiro atoms. The molecule has 0 saturated heterocycles. The molecule has 2 aromatic rings. The van der Waals surface area contributed by atoms with Gasteiger partial charge in [-0.05, 0) is 50.9 Å². The van der Waals surface area contributed by atoms with Crippen molar-refractivity contribution in [2.24, 2.45) is 13.0 Å². The summed E-state index contributed by atoms with van der Waals surface area (Å²) in [7, 11) is 6.57. The minimum atomic E-state index is 0.818. The Balaban J connectivity index is 2.02. The maximum atomic E-state index is 2.40. The van der Waals surface area contributed by atoms with Crippen molar-refractivity contribution in [3.8, 4) is 0 Å². The molecular formula is C16H22N2. The summed E-state index contributed by atoms with van der Waals surface area (Å²) >= 11 is 0. The van der Waals surface area contributed by atoms with E-state index >= 15 is 0 Å². The molecule has 0 bridgehead atoms. The fourth-order valence-electron chi connectivity index (χ4n) is 3.47. The van der Waals surface area contributed by atoms with Gasteiger partial charge in [0.1, 0.15) is 0 Å². The van der Waals surface area contributed by atoms with Crippen LogP contribution in [0.4, 0.5) is 0 Å². The van der Waals surface area contributed by atoms with E-state index in [1.807, 2.05) is 0 Å². The third-order valence-corrected chi connectivity index (χ3v) is 4.25. The van der Waals surface area contributed by atoms with E-state index in [-0.39, 0.29) is 0 Å². The van der Waals surface area contributed by atoms with Crippen LogP contribution in [-0.2, 0) is 19.9 Å². The van der Waals surface area contributed by atoms with Crippen molar-refractivity contribution in [1.82, 2.24) is 9.47 Å². The molecule has 0 saturated carbocycles. The Hall–Kier alpha value is -1.28. The summed E-state index contributed by atoms with van der Waals surface area (Å²) < 4.78 is 2.40. The van der Waals surface area contributed by atoms with Gasteiger partial charge in [-0.3, -0.25) is 0 Å². The molecule has 2 heteroatoms. The Morgan fingerprint density at radius 3 is 2.83 bits per heavy atom. The molecule has 0 radical (unpaired) electrons. The van der Waals surface area contributed by atoms with Crippen LogP contribution >= 0.6 is 0 Å². The maximum Gasteiger partial charge on any atom is 0.0482 e. The van der Waals surface area contributed by atoms with Crippen molar-refractivity contribution in [3.63, 3.8) is 0 Å². The fourth-order valence-corrected chi connectivity index (χ4v) is 3.47. The Morgan fingerprint density at radius 1 is 1.28 bits per heavy atom. The zero-order valence-corrected chi connectivity index (χ0v) is 11.6. The number of fused-ring (bicyclic) bond motifs is 3. The van der Waals surface area contributed by atoms with Crippen molar-refractivity contribution in [2.45, 2.75) is 19.3 Å². The Kier molecular flexibility index (Phi) is 2.90. The number of benzene rings is 1. The van der Waals surface area contributed by atoms with E-state index in [9.17, 15) is 0 Å². The molecule has 1 atom stereocenters. The minimum Gasteiger partial charge on any atom is -0.347 e. The van der Waals surface area contributed by atoms with Gasteiger partial charge in [-0.25, -0.2) is 0 Å². The molecule has 2 nitrogen and oxygen atoms in total. The van der Waals surface area contributed by atoms with Gasteiger partial charge in [0.15, 0.2) is 0 Å². The van der Waals surface area contributed by atoms with Crippen molar-refractivity contribution >= 4 is 10.9 Å². The first-order chi connectivity index (χ1) is 8.66. The van der Waals surface area contributed by atoms with Crippen LogP contribution in [0.3, 0.4) is 0 Å². The van der Waals surface area contributed by atoms with Crippen molar-refractivity contribution in [2.75, 3.05) is 20.6 Å². The highest BCUT2D eigenvalue weighted by Crippen LogP contribution is 2.33. The Bertz CT molecular complexity index is 566. The SMILES string of the molecule is CN(C)CC1CCc2c(c3ccccc3n2C)C1. The summed E-state index contributed by atoms with van der Waals surface area (Å²) in [4.78, 5) is 2.32. The van der Waals surface area contributed by atoms with Crippen LogP contribution in [0.25, 0.3) is 10.9 Å². The number of hydrogen-bond donors (Lipinski definition) is 0.